The molecule has 1 rings (SSSR count). The van der Waals surface area contributed by atoms with E-state index in [1.165, 1.54) is 19.1 Å². The lowest BCUT2D eigenvalue weighted by atomic mass is 10.0. The van der Waals surface area contributed by atoms with E-state index in [1.807, 2.05) is 6.92 Å². The number of hydrogen-bond donors (Lipinski definition) is 2. The van der Waals surface area contributed by atoms with Crippen LogP contribution >= 0.6 is 7.37 Å². The molecule has 0 saturated carbocycles. The molecular formula is C13H19O4P. The third-order valence-electron chi connectivity index (χ3n) is 3.11. The Labute approximate surface area is 107 Å². The van der Waals surface area contributed by atoms with Crippen molar-refractivity contribution in [3.63, 3.8) is 0 Å². The zero-order chi connectivity index (χ0) is 13.9. The van der Waals surface area contributed by atoms with Crippen LogP contribution in [-0.2, 0) is 4.57 Å². The SMILES string of the molecule is CCC(c1ccc(O)c(C(C)=O)c1)P(=O)(O)CC. The first-order chi connectivity index (χ1) is 8.33. The molecule has 2 unspecified atom stereocenters. The van der Waals surface area contributed by atoms with Crippen molar-refractivity contribution in [2.75, 3.05) is 6.16 Å². The molecule has 100 valence electrons. The quantitative estimate of drug-likeness (QED) is 0.635. The molecule has 0 saturated heterocycles. The Balaban J connectivity index is 3.28. The van der Waals surface area contributed by atoms with Gasteiger partial charge in [0.25, 0.3) is 0 Å². The Morgan fingerprint density at radius 3 is 2.44 bits per heavy atom. The summed E-state index contributed by atoms with van der Waals surface area (Å²) in [5.41, 5.74) is 0.344. The minimum atomic E-state index is -3.26. The van der Waals surface area contributed by atoms with Crippen LogP contribution in [0.15, 0.2) is 18.2 Å². The van der Waals surface area contributed by atoms with Gasteiger partial charge in [-0.1, -0.05) is 19.9 Å². The molecule has 0 bridgehead atoms. The third kappa shape index (κ3) is 3.01. The smallest absolute Gasteiger partial charge is 0.207 e. The van der Waals surface area contributed by atoms with Gasteiger partial charge in [-0.25, -0.2) is 0 Å². The topological polar surface area (TPSA) is 74.6 Å². The summed E-state index contributed by atoms with van der Waals surface area (Å²) in [6.07, 6.45) is 0.714. The predicted octanol–water partition coefficient (Wildman–Crippen LogP) is 3.34. The largest absolute Gasteiger partial charge is 0.507 e. The maximum Gasteiger partial charge on any atom is 0.207 e. The van der Waals surface area contributed by atoms with E-state index < -0.39 is 13.0 Å². The molecule has 0 fully saturated rings. The van der Waals surface area contributed by atoms with E-state index in [2.05, 4.69) is 0 Å². The number of aromatic hydroxyl groups is 1. The molecule has 0 aromatic heterocycles. The maximum absolute atomic E-state index is 12.1. The van der Waals surface area contributed by atoms with Gasteiger partial charge in [0.2, 0.25) is 7.37 Å². The van der Waals surface area contributed by atoms with Gasteiger partial charge >= 0.3 is 0 Å². The molecule has 0 heterocycles. The molecule has 18 heavy (non-hydrogen) atoms. The van der Waals surface area contributed by atoms with Gasteiger partial charge in [0.1, 0.15) is 5.75 Å². The third-order valence-corrected chi connectivity index (χ3v) is 5.65. The highest BCUT2D eigenvalue weighted by Crippen LogP contribution is 2.57. The molecule has 1 aromatic rings. The Bertz CT molecular complexity index is 496. The summed E-state index contributed by atoms with van der Waals surface area (Å²) in [4.78, 5) is 21.3. The van der Waals surface area contributed by atoms with Crippen molar-refractivity contribution in [2.45, 2.75) is 32.9 Å². The Kier molecular flexibility index (Phi) is 4.71. The molecule has 0 radical (unpaired) electrons. The first kappa shape index (κ1) is 14.9. The molecule has 0 amide bonds. The zero-order valence-corrected chi connectivity index (χ0v) is 11.8. The number of carbonyl (C=O) groups is 1. The summed E-state index contributed by atoms with van der Waals surface area (Å²) in [7, 11) is -3.26. The average Bonchev–Trinajstić information content (AvgIpc) is 2.31. The molecule has 0 aliphatic rings. The second kappa shape index (κ2) is 5.68. The lowest BCUT2D eigenvalue weighted by molar-refractivity contribution is 0.101. The summed E-state index contributed by atoms with van der Waals surface area (Å²) in [5.74, 6) is -0.348. The van der Waals surface area contributed by atoms with Crippen LogP contribution in [0.2, 0.25) is 0 Å². The summed E-state index contributed by atoms with van der Waals surface area (Å²) in [6.45, 7) is 4.87. The fraction of sp³-hybridized carbons (Fsp3) is 0.462. The summed E-state index contributed by atoms with van der Waals surface area (Å²) >= 11 is 0. The first-order valence-electron chi connectivity index (χ1n) is 5.98. The van der Waals surface area contributed by atoms with Crippen LogP contribution in [0, 0.1) is 0 Å². The number of phenols is 1. The predicted molar refractivity (Wildman–Crippen MR) is 71.5 cm³/mol. The van der Waals surface area contributed by atoms with Gasteiger partial charge < -0.3 is 10.00 Å². The second-order valence-corrected chi connectivity index (χ2v) is 7.10. The molecule has 0 aliphatic carbocycles. The van der Waals surface area contributed by atoms with Crippen molar-refractivity contribution >= 4 is 13.2 Å². The van der Waals surface area contributed by atoms with Gasteiger partial charge in [-0.05, 0) is 31.0 Å². The number of ketones is 1. The highest BCUT2D eigenvalue weighted by Gasteiger charge is 2.29. The standard InChI is InChI=1S/C13H19O4P/c1-4-13(18(16,17)5-2)10-6-7-12(15)11(8-10)9(3)14/h6-8,13,15H,4-5H2,1-3H3,(H,16,17). The van der Waals surface area contributed by atoms with Gasteiger partial charge in [-0.3, -0.25) is 9.36 Å². The highest BCUT2D eigenvalue weighted by atomic mass is 31.2. The van der Waals surface area contributed by atoms with E-state index in [4.69, 9.17) is 0 Å². The van der Waals surface area contributed by atoms with Crippen LogP contribution in [0.25, 0.3) is 0 Å². The molecular weight excluding hydrogens is 251 g/mol. The fourth-order valence-corrected chi connectivity index (χ4v) is 3.66. The van der Waals surface area contributed by atoms with Crippen LogP contribution < -0.4 is 0 Å². The number of rotatable bonds is 5. The van der Waals surface area contributed by atoms with Crippen molar-refractivity contribution in [3.8, 4) is 5.75 Å². The van der Waals surface area contributed by atoms with Crippen molar-refractivity contribution in [3.05, 3.63) is 29.3 Å². The van der Waals surface area contributed by atoms with Crippen LogP contribution in [-0.4, -0.2) is 21.9 Å². The normalized spacial score (nSPS) is 16.0. The van der Waals surface area contributed by atoms with Gasteiger partial charge in [-0.15, -0.1) is 0 Å². The van der Waals surface area contributed by atoms with Gasteiger partial charge in [0, 0.05) is 6.16 Å². The van der Waals surface area contributed by atoms with Crippen molar-refractivity contribution in [1.82, 2.24) is 0 Å². The van der Waals surface area contributed by atoms with E-state index in [9.17, 15) is 19.4 Å². The summed E-state index contributed by atoms with van der Waals surface area (Å²) in [5, 5.41) is 9.57. The average molecular weight is 270 g/mol. The molecule has 5 heteroatoms. The van der Waals surface area contributed by atoms with E-state index in [1.54, 1.807) is 13.0 Å². The highest BCUT2D eigenvalue weighted by molar-refractivity contribution is 7.58. The zero-order valence-electron chi connectivity index (χ0n) is 10.9. The van der Waals surface area contributed by atoms with E-state index in [-0.39, 0.29) is 23.3 Å². The van der Waals surface area contributed by atoms with Gasteiger partial charge in [0.05, 0.1) is 11.2 Å². The number of benzene rings is 1. The van der Waals surface area contributed by atoms with Crippen molar-refractivity contribution in [1.29, 1.82) is 0 Å². The monoisotopic (exact) mass is 270 g/mol. The second-order valence-electron chi connectivity index (χ2n) is 4.33. The number of carbonyl (C=O) groups excluding carboxylic acids is 1. The Hall–Kier alpha value is -1.12. The maximum atomic E-state index is 12.1. The fourth-order valence-electron chi connectivity index (χ4n) is 2.02. The van der Waals surface area contributed by atoms with Gasteiger partial charge in [-0.2, -0.15) is 0 Å². The number of hydrogen-bond acceptors (Lipinski definition) is 3. The molecule has 0 spiro atoms. The van der Waals surface area contributed by atoms with Crippen molar-refractivity contribution < 1.29 is 19.4 Å². The lowest BCUT2D eigenvalue weighted by Gasteiger charge is -2.21. The van der Waals surface area contributed by atoms with Crippen molar-refractivity contribution in [2.24, 2.45) is 0 Å². The molecule has 0 aliphatic heterocycles. The lowest BCUT2D eigenvalue weighted by Crippen LogP contribution is -2.03. The van der Waals surface area contributed by atoms with Crippen LogP contribution in [0.4, 0.5) is 0 Å². The molecule has 4 nitrogen and oxygen atoms in total. The van der Waals surface area contributed by atoms with Crippen LogP contribution in [0.3, 0.4) is 0 Å². The summed E-state index contributed by atoms with van der Waals surface area (Å²) in [6, 6.07) is 4.53. The van der Waals surface area contributed by atoms with E-state index in [0.717, 1.165) is 0 Å². The van der Waals surface area contributed by atoms with Gasteiger partial charge in [0.15, 0.2) is 5.78 Å². The van der Waals surface area contributed by atoms with E-state index >= 15 is 0 Å². The Morgan fingerprint density at radius 1 is 1.39 bits per heavy atom. The van der Waals surface area contributed by atoms with Crippen LogP contribution in [0.1, 0.15) is 48.8 Å². The number of Topliss-reactive ketones (excluding diaryl/α,β-unsaturated/α-hetero) is 1. The molecule has 1 aromatic carbocycles. The van der Waals surface area contributed by atoms with Crippen LogP contribution in [0.5, 0.6) is 5.75 Å². The molecule has 2 atom stereocenters. The van der Waals surface area contributed by atoms with E-state index in [0.29, 0.717) is 12.0 Å². The first-order valence-corrected chi connectivity index (χ1v) is 7.90. The number of phenolic OH excluding ortho intramolecular Hbond substituents is 1. The minimum absolute atomic E-state index is 0.0922. The summed E-state index contributed by atoms with van der Waals surface area (Å²) < 4.78 is 12.1. The molecule has 2 N–H and O–H groups in total. The Morgan fingerprint density at radius 2 is 2.00 bits per heavy atom. The minimum Gasteiger partial charge on any atom is -0.507 e.